The molecule has 0 radical (unpaired) electrons. The number of rotatable bonds is 9. The predicted octanol–water partition coefficient (Wildman–Crippen LogP) is 3.44. The Hall–Kier alpha value is -3.72. The lowest BCUT2D eigenvalue weighted by Crippen LogP contribution is -2.23. The summed E-state index contributed by atoms with van der Waals surface area (Å²) < 4.78 is 43.5. The van der Waals surface area contributed by atoms with Crippen molar-refractivity contribution in [1.29, 1.82) is 0 Å². The number of nitrogens with one attached hydrogen (secondary N) is 2. The molecule has 0 bridgehead atoms. The molecule has 0 atom stereocenters. The number of anilines is 1. The predicted molar refractivity (Wildman–Crippen MR) is 121 cm³/mol. The average molecular weight is 457 g/mol. The van der Waals surface area contributed by atoms with Gasteiger partial charge >= 0.3 is 0 Å². The van der Waals surface area contributed by atoms with Crippen LogP contribution in [0.1, 0.15) is 15.9 Å². The van der Waals surface area contributed by atoms with Gasteiger partial charge in [-0.2, -0.15) is 0 Å². The molecule has 3 aromatic carbocycles. The molecule has 0 heterocycles. The number of carbonyl (C=O) groups is 1. The van der Waals surface area contributed by atoms with E-state index < -0.39 is 15.9 Å². The zero-order valence-corrected chi connectivity index (χ0v) is 18.7. The maximum Gasteiger partial charge on any atom is 0.261 e. The zero-order chi connectivity index (χ0) is 23.1. The molecule has 0 aliphatic heterocycles. The quantitative estimate of drug-likeness (QED) is 0.511. The third-order valence-corrected chi connectivity index (χ3v) is 6.03. The van der Waals surface area contributed by atoms with Crippen LogP contribution in [0.2, 0.25) is 0 Å². The number of sulfonamides is 1. The van der Waals surface area contributed by atoms with Gasteiger partial charge in [-0.15, -0.1) is 0 Å². The van der Waals surface area contributed by atoms with Crippen LogP contribution >= 0.6 is 0 Å². The minimum Gasteiger partial charge on any atom is -0.497 e. The number of carbonyl (C=O) groups excluding carboxylic acids is 1. The van der Waals surface area contributed by atoms with Crippen molar-refractivity contribution in [2.24, 2.45) is 0 Å². The number of benzene rings is 3. The second-order valence-corrected chi connectivity index (χ2v) is 8.42. The smallest absolute Gasteiger partial charge is 0.261 e. The van der Waals surface area contributed by atoms with E-state index in [0.29, 0.717) is 22.9 Å². The van der Waals surface area contributed by atoms with Crippen molar-refractivity contribution in [2.75, 3.05) is 26.1 Å². The van der Waals surface area contributed by atoms with Gasteiger partial charge in [0.25, 0.3) is 15.9 Å². The van der Waals surface area contributed by atoms with Crippen molar-refractivity contribution < 1.29 is 27.4 Å². The fourth-order valence-electron chi connectivity index (χ4n) is 2.95. The van der Waals surface area contributed by atoms with Gasteiger partial charge in [-0.1, -0.05) is 12.1 Å². The zero-order valence-electron chi connectivity index (χ0n) is 17.9. The fourth-order valence-corrected chi connectivity index (χ4v) is 4.06. The highest BCUT2D eigenvalue weighted by Crippen LogP contribution is 2.27. The number of methoxy groups -OCH3 is 3. The molecule has 0 aliphatic rings. The molecule has 32 heavy (non-hydrogen) atoms. The maximum atomic E-state index is 12.7. The molecule has 0 saturated carbocycles. The highest BCUT2D eigenvalue weighted by molar-refractivity contribution is 7.92. The minimum absolute atomic E-state index is 0.0212. The Kier molecular flexibility index (Phi) is 7.21. The molecule has 0 saturated heterocycles. The van der Waals surface area contributed by atoms with Crippen LogP contribution in [0.5, 0.6) is 17.2 Å². The lowest BCUT2D eigenvalue weighted by Gasteiger charge is -2.11. The molecule has 1 amide bonds. The van der Waals surface area contributed by atoms with Crippen molar-refractivity contribution >= 4 is 21.6 Å². The van der Waals surface area contributed by atoms with Crippen LogP contribution in [-0.4, -0.2) is 35.7 Å². The molecule has 3 aromatic rings. The Morgan fingerprint density at radius 3 is 2.22 bits per heavy atom. The summed E-state index contributed by atoms with van der Waals surface area (Å²) in [6.07, 6.45) is 0. The molecule has 0 fully saturated rings. The SMILES string of the molecule is COc1ccc(NS(=O)(=O)c2cccc(C(=O)NCc3ccc(OC)c(OC)c3)c2)cc1. The molecule has 9 heteroatoms. The Bertz CT molecular complexity index is 1190. The second-order valence-electron chi connectivity index (χ2n) is 6.73. The summed E-state index contributed by atoms with van der Waals surface area (Å²) in [5.74, 6) is 1.35. The number of hydrogen-bond acceptors (Lipinski definition) is 6. The summed E-state index contributed by atoms with van der Waals surface area (Å²) in [4.78, 5) is 12.6. The van der Waals surface area contributed by atoms with Gasteiger partial charge in [0.2, 0.25) is 0 Å². The van der Waals surface area contributed by atoms with Crippen molar-refractivity contribution in [3.8, 4) is 17.2 Å². The van der Waals surface area contributed by atoms with Crippen LogP contribution in [0.25, 0.3) is 0 Å². The molecule has 0 spiro atoms. The number of ether oxygens (including phenoxy) is 3. The molecule has 0 aromatic heterocycles. The van der Waals surface area contributed by atoms with Gasteiger partial charge in [0.05, 0.1) is 26.2 Å². The van der Waals surface area contributed by atoms with Gasteiger partial charge in [0, 0.05) is 17.8 Å². The Morgan fingerprint density at radius 1 is 0.844 bits per heavy atom. The first-order valence-electron chi connectivity index (χ1n) is 9.62. The first-order chi connectivity index (χ1) is 15.4. The maximum absolute atomic E-state index is 12.7. The number of amides is 1. The fraction of sp³-hybridized carbons (Fsp3) is 0.174. The van der Waals surface area contributed by atoms with Gasteiger partial charge in [-0.25, -0.2) is 8.42 Å². The van der Waals surface area contributed by atoms with E-state index in [2.05, 4.69) is 10.0 Å². The van der Waals surface area contributed by atoms with Crippen LogP contribution in [0.4, 0.5) is 5.69 Å². The lowest BCUT2D eigenvalue weighted by atomic mass is 10.1. The van der Waals surface area contributed by atoms with Gasteiger partial charge in [0.1, 0.15) is 5.75 Å². The molecule has 0 unspecified atom stereocenters. The summed E-state index contributed by atoms with van der Waals surface area (Å²) >= 11 is 0. The molecule has 0 aliphatic carbocycles. The Morgan fingerprint density at radius 2 is 1.56 bits per heavy atom. The average Bonchev–Trinajstić information content (AvgIpc) is 2.82. The van der Waals surface area contributed by atoms with Crippen LogP contribution in [0, 0.1) is 0 Å². The standard InChI is InChI=1S/C23H24N2O6S/c1-29-19-10-8-18(9-11-19)25-32(27,28)20-6-4-5-17(14-20)23(26)24-15-16-7-12-21(30-2)22(13-16)31-3/h4-14,25H,15H2,1-3H3,(H,24,26). The van der Waals surface area contributed by atoms with Crippen molar-refractivity contribution in [1.82, 2.24) is 5.32 Å². The first kappa shape index (κ1) is 23.0. The van der Waals surface area contributed by atoms with E-state index in [-0.39, 0.29) is 17.0 Å². The molecule has 8 nitrogen and oxygen atoms in total. The third-order valence-electron chi connectivity index (χ3n) is 4.65. The largest absolute Gasteiger partial charge is 0.497 e. The van der Waals surface area contributed by atoms with E-state index in [9.17, 15) is 13.2 Å². The topological polar surface area (TPSA) is 103 Å². The Balaban J connectivity index is 1.71. The van der Waals surface area contributed by atoms with Gasteiger partial charge < -0.3 is 19.5 Å². The van der Waals surface area contributed by atoms with Crippen LogP contribution in [0.3, 0.4) is 0 Å². The van der Waals surface area contributed by atoms with Gasteiger partial charge in [-0.3, -0.25) is 9.52 Å². The van der Waals surface area contributed by atoms with E-state index in [1.807, 2.05) is 0 Å². The van der Waals surface area contributed by atoms with Crippen molar-refractivity contribution in [3.63, 3.8) is 0 Å². The summed E-state index contributed by atoms with van der Waals surface area (Å²) in [6.45, 7) is 0.236. The highest BCUT2D eigenvalue weighted by Gasteiger charge is 2.17. The lowest BCUT2D eigenvalue weighted by molar-refractivity contribution is 0.0950. The van der Waals surface area contributed by atoms with E-state index in [1.54, 1.807) is 55.6 Å². The molecular formula is C23H24N2O6S. The summed E-state index contributed by atoms with van der Waals surface area (Å²) in [5.41, 5.74) is 1.41. The third kappa shape index (κ3) is 5.50. The minimum atomic E-state index is -3.87. The summed E-state index contributed by atoms with van der Waals surface area (Å²) in [7, 11) is 0.734. The summed E-state index contributed by atoms with van der Waals surface area (Å²) in [6, 6.07) is 17.6. The molecule has 3 rings (SSSR count). The van der Waals surface area contributed by atoms with Crippen LogP contribution < -0.4 is 24.2 Å². The second kappa shape index (κ2) is 10.1. The van der Waals surface area contributed by atoms with E-state index in [0.717, 1.165) is 5.56 Å². The van der Waals surface area contributed by atoms with E-state index in [1.165, 1.54) is 32.4 Å². The van der Waals surface area contributed by atoms with E-state index >= 15 is 0 Å². The van der Waals surface area contributed by atoms with Gasteiger partial charge in [-0.05, 0) is 60.2 Å². The Labute approximate surface area is 187 Å². The molecular weight excluding hydrogens is 432 g/mol. The van der Waals surface area contributed by atoms with Crippen LogP contribution in [-0.2, 0) is 16.6 Å². The monoisotopic (exact) mass is 456 g/mol. The molecule has 168 valence electrons. The first-order valence-corrected chi connectivity index (χ1v) is 11.1. The molecule has 2 N–H and O–H groups in total. The van der Waals surface area contributed by atoms with E-state index in [4.69, 9.17) is 14.2 Å². The van der Waals surface area contributed by atoms with Gasteiger partial charge in [0.15, 0.2) is 11.5 Å². The number of hydrogen-bond donors (Lipinski definition) is 2. The normalized spacial score (nSPS) is 10.8. The summed E-state index contributed by atoms with van der Waals surface area (Å²) in [5, 5.41) is 2.78. The van der Waals surface area contributed by atoms with Crippen LogP contribution in [0.15, 0.2) is 71.6 Å². The highest BCUT2D eigenvalue weighted by atomic mass is 32.2. The van der Waals surface area contributed by atoms with Crippen molar-refractivity contribution in [3.05, 3.63) is 77.9 Å². The van der Waals surface area contributed by atoms with Crippen molar-refractivity contribution in [2.45, 2.75) is 11.4 Å².